The summed E-state index contributed by atoms with van der Waals surface area (Å²) in [6, 6.07) is 0.256. The van der Waals surface area contributed by atoms with Crippen molar-refractivity contribution in [3.8, 4) is 0 Å². The van der Waals surface area contributed by atoms with E-state index >= 15 is 0 Å². The number of sulfone groups is 1. The minimum absolute atomic E-state index is 0.115. The van der Waals surface area contributed by atoms with Gasteiger partial charge in [-0.3, -0.25) is 4.90 Å². The lowest BCUT2D eigenvalue weighted by molar-refractivity contribution is 0.125. The molecule has 2 heterocycles. The summed E-state index contributed by atoms with van der Waals surface area (Å²) < 4.78 is 28.3. The van der Waals surface area contributed by atoms with Gasteiger partial charge < -0.3 is 10.1 Å². The predicted molar refractivity (Wildman–Crippen MR) is 62.3 cm³/mol. The number of methoxy groups -OCH3 is 1. The molecule has 94 valence electrons. The Bertz CT molecular complexity index is 331. The summed E-state index contributed by atoms with van der Waals surface area (Å²) in [5.41, 5.74) is 0. The first kappa shape index (κ1) is 12.3. The second kappa shape index (κ2) is 5.00. The maximum Gasteiger partial charge on any atom is 0.153 e. The zero-order valence-corrected chi connectivity index (χ0v) is 10.5. The van der Waals surface area contributed by atoms with Crippen LogP contribution >= 0.6 is 0 Å². The van der Waals surface area contributed by atoms with E-state index in [0.29, 0.717) is 18.1 Å². The molecule has 2 aliphatic rings. The van der Waals surface area contributed by atoms with Crippen LogP contribution in [0.1, 0.15) is 6.42 Å². The van der Waals surface area contributed by atoms with Crippen LogP contribution in [0.5, 0.6) is 0 Å². The fourth-order valence-electron chi connectivity index (χ4n) is 2.61. The molecule has 0 aromatic heterocycles. The average molecular weight is 248 g/mol. The molecule has 0 aromatic rings. The summed E-state index contributed by atoms with van der Waals surface area (Å²) in [5, 5.41) is 3.34. The van der Waals surface area contributed by atoms with E-state index in [1.54, 1.807) is 7.11 Å². The van der Waals surface area contributed by atoms with Crippen molar-refractivity contribution < 1.29 is 13.2 Å². The summed E-state index contributed by atoms with van der Waals surface area (Å²) >= 11 is 0. The molecular formula is C10H20N2O3S. The van der Waals surface area contributed by atoms with Crippen molar-refractivity contribution >= 4 is 9.84 Å². The highest BCUT2D eigenvalue weighted by Crippen LogP contribution is 2.20. The quantitative estimate of drug-likeness (QED) is 0.701. The zero-order chi connectivity index (χ0) is 11.6. The molecule has 0 amide bonds. The van der Waals surface area contributed by atoms with Crippen molar-refractivity contribution in [3.05, 3.63) is 0 Å². The first-order chi connectivity index (χ1) is 7.62. The van der Waals surface area contributed by atoms with E-state index < -0.39 is 9.84 Å². The Morgan fingerprint density at radius 1 is 1.44 bits per heavy atom. The molecule has 5 nitrogen and oxygen atoms in total. The maximum atomic E-state index is 11.6. The van der Waals surface area contributed by atoms with Crippen LogP contribution in [0.3, 0.4) is 0 Å². The molecule has 0 aliphatic carbocycles. The van der Waals surface area contributed by atoms with E-state index in [-0.39, 0.29) is 12.1 Å². The van der Waals surface area contributed by atoms with Crippen molar-refractivity contribution in [1.82, 2.24) is 10.2 Å². The molecule has 16 heavy (non-hydrogen) atoms. The molecule has 6 heteroatoms. The standard InChI is InChI=1S/C10H20N2O3S/c1-15-6-5-12-4-2-3-11-9-7-16(13,14)8-10(9)12/h9-11H,2-8H2,1H3. The van der Waals surface area contributed by atoms with Crippen molar-refractivity contribution in [2.24, 2.45) is 0 Å². The van der Waals surface area contributed by atoms with Gasteiger partial charge >= 0.3 is 0 Å². The first-order valence-corrected chi connectivity index (χ1v) is 7.61. The molecule has 2 atom stereocenters. The number of hydrogen-bond acceptors (Lipinski definition) is 5. The van der Waals surface area contributed by atoms with Gasteiger partial charge in [0.1, 0.15) is 0 Å². The Kier molecular flexibility index (Phi) is 3.84. The van der Waals surface area contributed by atoms with Gasteiger partial charge in [0.15, 0.2) is 9.84 Å². The van der Waals surface area contributed by atoms with E-state index in [2.05, 4.69) is 10.2 Å². The number of hydrogen-bond donors (Lipinski definition) is 1. The van der Waals surface area contributed by atoms with Gasteiger partial charge in [0, 0.05) is 25.7 Å². The largest absolute Gasteiger partial charge is 0.383 e. The molecule has 0 bridgehead atoms. The SMILES string of the molecule is COCCN1CCCNC2CS(=O)(=O)CC21. The molecule has 1 N–H and O–H groups in total. The van der Waals surface area contributed by atoms with E-state index in [4.69, 9.17) is 4.74 Å². The molecule has 2 aliphatic heterocycles. The molecule has 2 unspecified atom stereocenters. The number of nitrogens with zero attached hydrogens (tertiary/aromatic N) is 1. The fourth-order valence-corrected chi connectivity index (χ4v) is 4.59. The third-order valence-electron chi connectivity index (χ3n) is 3.40. The number of fused-ring (bicyclic) bond motifs is 1. The molecule has 2 fully saturated rings. The normalized spacial score (nSPS) is 34.6. The number of ether oxygens (including phenoxy) is 1. The second-order valence-corrected chi connectivity index (χ2v) is 6.74. The van der Waals surface area contributed by atoms with E-state index in [1.165, 1.54) is 0 Å². The van der Waals surface area contributed by atoms with Gasteiger partial charge in [-0.25, -0.2) is 8.42 Å². The van der Waals surface area contributed by atoms with Gasteiger partial charge in [-0.15, -0.1) is 0 Å². The van der Waals surface area contributed by atoms with Crippen LogP contribution in [0.25, 0.3) is 0 Å². The van der Waals surface area contributed by atoms with Gasteiger partial charge in [-0.05, 0) is 19.5 Å². The van der Waals surface area contributed by atoms with Gasteiger partial charge in [0.05, 0.1) is 18.1 Å². The smallest absolute Gasteiger partial charge is 0.153 e. The van der Waals surface area contributed by atoms with Gasteiger partial charge in [-0.1, -0.05) is 0 Å². The van der Waals surface area contributed by atoms with Crippen LogP contribution in [0.15, 0.2) is 0 Å². The molecular weight excluding hydrogens is 228 g/mol. The zero-order valence-electron chi connectivity index (χ0n) is 9.68. The Labute approximate surface area is 97.1 Å². The molecule has 2 rings (SSSR count). The maximum absolute atomic E-state index is 11.6. The molecule has 0 radical (unpaired) electrons. The number of rotatable bonds is 3. The lowest BCUT2D eigenvalue weighted by Gasteiger charge is -2.28. The Hall–Kier alpha value is -0.170. The van der Waals surface area contributed by atoms with Crippen molar-refractivity contribution in [2.45, 2.75) is 18.5 Å². The van der Waals surface area contributed by atoms with Crippen LogP contribution in [0.2, 0.25) is 0 Å². The minimum Gasteiger partial charge on any atom is -0.383 e. The summed E-state index contributed by atoms with van der Waals surface area (Å²) in [6.07, 6.45) is 1.08. The van der Waals surface area contributed by atoms with Crippen LogP contribution < -0.4 is 5.32 Å². The summed E-state index contributed by atoms with van der Waals surface area (Å²) in [4.78, 5) is 2.26. The highest BCUT2D eigenvalue weighted by molar-refractivity contribution is 7.91. The third-order valence-corrected chi connectivity index (χ3v) is 5.12. The highest BCUT2D eigenvalue weighted by Gasteiger charge is 2.41. The average Bonchev–Trinajstić information content (AvgIpc) is 2.42. The van der Waals surface area contributed by atoms with E-state index in [1.807, 2.05) is 0 Å². The Balaban J connectivity index is 2.06. The van der Waals surface area contributed by atoms with E-state index in [9.17, 15) is 8.42 Å². The molecule has 2 saturated heterocycles. The summed E-state index contributed by atoms with van der Waals surface area (Å²) in [5.74, 6) is 0.593. The van der Waals surface area contributed by atoms with E-state index in [0.717, 1.165) is 26.1 Å². The topological polar surface area (TPSA) is 58.6 Å². The van der Waals surface area contributed by atoms with Crippen molar-refractivity contribution in [3.63, 3.8) is 0 Å². The van der Waals surface area contributed by atoms with Crippen molar-refractivity contribution in [2.75, 3.05) is 44.9 Å². The monoisotopic (exact) mass is 248 g/mol. The minimum atomic E-state index is -2.85. The van der Waals surface area contributed by atoms with Crippen LogP contribution in [0, 0.1) is 0 Å². The van der Waals surface area contributed by atoms with Crippen LogP contribution in [0.4, 0.5) is 0 Å². The van der Waals surface area contributed by atoms with Gasteiger partial charge in [0.2, 0.25) is 0 Å². The van der Waals surface area contributed by atoms with Crippen LogP contribution in [-0.4, -0.2) is 70.3 Å². The Morgan fingerprint density at radius 3 is 3.00 bits per heavy atom. The van der Waals surface area contributed by atoms with Crippen molar-refractivity contribution in [1.29, 1.82) is 0 Å². The van der Waals surface area contributed by atoms with Gasteiger partial charge in [-0.2, -0.15) is 0 Å². The summed E-state index contributed by atoms with van der Waals surface area (Å²) in [7, 11) is -1.17. The number of nitrogens with one attached hydrogen (secondary N) is 1. The van der Waals surface area contributed by atoms with Gasteiger partial charge in [0.25, 0.3) is 0 Å². The molecule has 0 aromatic carbocycles. The predicted octanol–water partition coefficient (Wildman–Crippen LogP) is -0.906. The fraction of sp³-hybridized carbons (Fsp3) is 1.00. The third kappa shape index (κ3) is 2.74. The first-order valence-electron chi connectivity index (χ1n) is 5.79. The van der Waals surface area contributed by atoms with Crippen LogP contribution in [-0.2, 0) is 14.6 Å². The highest BCUT2D eigenvalue weighted by atomic mass is 32.2. The lowest BCUT2D eigenvalue weighted by atomic mass is 10.1. The molecule has 0 saturated carbocycles. The molecule has 0 spiro atoms. The second-order valence-electron chi connectivity index (χ2n) is 4.59. The summed E-state index contributed by atoms with van der Waals surface area (Å²) in [6.45, 7) is 3.38. The Morgan fingerprint density at radius 2 is 2.25 bits per heavy atom. The lowest BCUT2D eigenvalue weighted by Crippen LogP contribution is -2.47.